The number of rotatable bonds is 5. The zero-order valence-electron chi connectivity index (χ0n) is 15.3. The zero-order chi connectivity index (χ0) is 17.5. The monoisotopic (exact) mass is 345 g/mol. The Bertz CT molecular complexity index is 558. The highest BCUT2D eigenvalue weighted by Gasteiger charge is 2.17. The number of morpholine rings is 1. The van der Waals surface area contributed by atoms with Gasteiger partial charge in [-0.15, -0.1) is 0 Å². The molecule has 1 aliphatic heterocycles. The summed E-state index contributed by atoms with van der Waals surface area (Å²) in [4.78, 5) is 14.5. The van der Waals surface area contributed by atoms with Crippen molar-refractivity contribution in [3.05, 3.63) is 35.4 Å². The van der Waals surface area contributed by atoms with Crippen LogP contribution in [0.3, 0.4) is 0 Å². The van der Waals surface area contributed by atoms with E-state index in [-0.39, 0.29) is 6.03 Å². The van der Waals surface area contributed by atoms with Crippen LogP contribution in [0.5, 0.6) is 0 Å². The minimum absolute atomic E-state index is 0.0423. The smallest absolute Gasteiger partial charge is 0.315 e. The molecule has 2 amide bonds. The number of nitrogens with one attached hydrogen (secondary N) is 2. The van der Waals surface area contributed by atoms with E-state index in [0.29, 0.717) is 18.7 Å². The Morgan fingerprint density at radius 1 is 1.24 bits per heavy atom. The van der Waals surface area contributed by atoms with Crippen molar-refractivity contribution < 1.29 is 9.53 Å². The Hall–Kier alpha value is -1.59. The molecular weight excluding hydrogens is 314 g/mol. The van der Waals surface area contributed by atoms with Crippen molar-refractivity contribution in [1.82, 2.24) is 15.5 Å². The number of carbonyl (C=O) groups is 1. The molecule has 1 aliphatic carbocycles. The number of nitrogens with zero attached hydrogens (tertiary/aromatic N) is 1. The molecule has 1 unspecified atom stereocenters. The van der Waals surface area contributed by atoms with E-state index in [4.69, 9.17) is 4.74 Å². The van der Waals surface area contributed by atoms with E-state index in [1.807, 2.05) is 0 Å². The van der Waals surface area contributed by atoms with Crippen LogP contribution in [0.2, 0.25) is 0 Å². The van der Waals surface area contributed by atoms with Crippen molar-refractivity contribution in [3.63, 3.8) is 0 Å². The lowest BCUT2D eigenvalue weighted by Gasteiger charge is -2.31. The molecule has 1 aromatic carbocycles. The highest BCUT2D eigenvalue weighted by molar-refractivity contribution is 5.74. The van der Waals surface area contributed by atoms with Gasteiger partial charge in [-0.05, 0) is 30.9 Å². The Morgan fingerprint density at radius 2 is 2.04 bits per heavy atom. The second-order valence-corrected chi connectivity index (χ2v) is 7.40. The van der Waals surface area contributed by atoms with Gasteiger partial charge in [-0.1, -0.05) is 43.5 Å². The Labute approximate surface area is 151 Å². The SMILES string of the molecule is CC1CN(Cc2cccc(CNC(=O)NC3CCCCC3)c2)CCO1. The van der Waals surface area contributed by atoms with Crippen LogP contribution in [0.15, 0.2) is 24.3 Å². The molecule has 25 heavy (non-hydrogen) atoms. The van der Waals surface area contributed by atoms with E-state index in [1.54, 1.807) is 0 Å². The summed E-state index contributed by atoms with van der Waals surface area (Å²) in [6, 6.07) is 8.82. The molecule has 3 rings (SSSR count). The first-order chi connectivity index (χ1) is 12.2. The fraction of sp³-hybridized carbons (Fsp3) is 0.650. The molecule has 1 saturated heterocycles. The number of hydrogen-bond acceptors (Lipinski definition) is 3. The first-order valence-corrected chi connectivity index (χ1v) is 9.65. The molecular formula is C20H31N3O2. The fourth-order valence-corrected chi connectivity index (χ4v) is 3.80. The lowest BCUT2D eigenvalue weighted by atomic mass is 9.96. The molecule has 5 heteroatoms. The van der Waals surface area contributed by atoms with Gasteiger partial charge in [-0.2, -0.15) is 0 Å². The topological polar surface area (TPSA) is 53.6 Å². The van der Waals surface area contributed by atoms with Crippen LogP contribution in [0, 0.1) is 0 Å². The standard InChI is InChI=1S/C20H31N3O2/c1-16-14-23(10-11-25-16)15-18-7-5-6-17(12-18)13-21-20(24)22-19-8-3-2-4-9-19/h5-7,12,16,19H,2-4,8-11,13-15H2,1H3,(H2,21,22,24). The Kier molecular flexibility index (Phi) is 6.70. The minimum atomic E-state index is -0.0423. The van der Waals surface area contributed by atoms with Gasteiger partial charge in [0.05, 0.1) is 12.7 Å². The first kappa shape index (κ1) is 18.2. The normalized spacial score (nSPS) is 22.5. The summed E-state index contributed by atoms with van der Waals surface area (Å²) in [7, 11) is 0. The van der Waals surface area contributed by atoms with Gasteiger partial charge in [0.15, 0.2) is 0 Å². The number of amides is 2. The summed E-state index contributed by atoms with van der Waals surface area (Å²) in [5.41, 5.74) is 2.44. The van der Waals surface area contributed by atoms with Crippen LogP contribution < -0.4 is 10.6 Å². The van der Waals surface area contributed by atoms with Crippen molar-refractivity contribution in [2.45, 2.75) is 64.3 Å². The van der Waals surface area contributed by atoms with Gasteiger partial charge in [0, 0.05) is 32.2 Å². The van der Waals surface area contributed by atoms with Gasteiger partial charge in [-0.3, -0.25) is 4.90 Å². The molecule has 5 nitrogen and oxygen atoms in total. The quantitative estimate of drug-likeness (QED) is 0.862. The molecule has 0 bridgehead atoms. The Morgan fingerprint density at radius 3 is 2.84 bits per heavy atom. The van der Waals surface area contributed by atoms with Crippen molar-refractivity contribution in [2.75, 3.05) is 19.7 Å². The first-order valence-electron chi connectivity index (χ1n) is 9.65. The molecule has 0 radical (unpaired) electrons. The summed E-state index contributed by atoms with van der Waals surface area (Å²) in [6.45, 7) is 6.41. The predicted octanol–water partition coefficient (Wildman–Crippen LogP) is 3.04. The molecule has 1 atom stereocenters. The number of hydrogen-bond donors (Lipinski definition) is 2. The Balaban J connectivity index is 1.45. The van der Waals surface area contributed by atoms with Crippen LogP contribution >= 0.6 is 0 Å². The highest BCUT2D eigenvalue weighted by atomic mass is 16.5. The summed E-state index contributed by atoms with van der Waals surface area (Å²) in [5, 5.41) is 6.10. The van der Waals surface area contributed by atoms with E-state index in [0.717, 1.165) is 44.6 Å². The van der Waals surface area contributed by atoms with E-state index < -0.39 is 0 Å². The summed E-state index contributed by atoms with van der Waals surface area (Å²) in [5.74, 6) is 0. The van der Waals surface area contributed by atoms with Crippen LogP contribution in [0.25, 0.3) is 0 Å². The van der Waals surface area contributed by atoms with Crippen LogP contribution in [-0.2, 0) is 17.8 Å². The molecule has 1 heterocycles. The van der Waals surface area contributed by atoms with Crippen molar-refractivity contribution in [2.24, 2.45) is 0 Å². The zero-order valence-corrected chi connectivity index (χ0v) is 15.3. The second-order valence-electron chi connectivity index (χ2n) is 7.40. The molecule has 2 N–H and O–H groups in total. The number of ether oxygens (including phenoxy) is 1. The number of benzene rings is 1. The lowest BCUT2D eigenvalue weighted by molar-refractivity contribution is -0.0212. The van der Waals surface area contributed by atoms with Gasteiger partial charge in [0.25, 0.3) is 0 Å². The predicted molar refractivity (Wildman–Crippen MR) is 99.4 cm³/mol. The van der Waals surface area contributed by atoms with E-state index in [1.165, 1.54) is 24.8 Å². The highest BCUT2D eigenvalue weighted by Crippen LogP contribution is 2.17. The minimum Gasteiger partial charge on any atom is -0.376 e. The summed E-state index contributed by atoms with van der Waals surface area (Å²) in [6.07, 6.45) is 6.29. The molecule has 2 fully saturated rings. The lowest BCUT2D eigenvalue weighted by Crippen LogP contribution is -2.42. The third-order valence-electron chi connectivity index (χ3n) is 5.12. The van der Waals surface area contributed by atoms with Crippen molar-refractivity contribution in [1.29, 1.82) is 0 Å². The number of carbonyl (C=O) groups excluding carboxylic acids is 1. The molecule has 2 aliphatic rings. The van der Waals surface area contributed by atoms with Gasteiger partial charge in [0.2, 0.25) is 0 Å². The molecule has 138 valence electrons. The van der Waals surface area contributed by atoms with Crippen LogP contribution in [0.4, 0.5) is 4.79 Å². The van der Waals surface area contributed by atoms with E-state index in [2.05, 4.69) is 46.7 Å². The average molecular weight is 345 g/mol. The van der Waals surface area contributed by atoms with Crippen LogP contribution in [0.1, 0.15) is 50.2 Å². The van der Waals surface area contributed by atoms with E-state index >= 15 is 0 Å². The average Bonchev–Trinajstić information content (AvgIpc) is 2.61. The van der Waals surface area contributed by atoms with E-state index in [9.17, 15) is 4.79 Å². The number of urea groups is 1. The maximum atomic E-state index is 12.1. The molecule has 1 saturated carbocycles. The molecule has 0 aromatic heterocycles. The van der Waals surface area contributed by atoms with Gasteiger partial charge >= 0.3 is 6.03 Å². The summed E-state index contributed by atoms with van der Waals surface area (Å²) >= 11 is 0. The van der Waals surface area contributed by atoms with Crippen molar-refractivity contribution >= 4 is 6.03 Å². The van der Waals surface area contributed by atoms with Gasteiger partial charge < -0.3 is 15.4 Å². The molecule has 0 spiro atoms. The second kappa shape index (κ2) is 9.20. The van der Waals surface area contributed by atoms with Crippen LogP contribution in [-0.4, -0.2) is 42.8 Å². The van der Waals surface area contributed by atoms with Crippen molar-refractivity contribution in [3.8, 4) is 0 Å². The fourth-order valence-electron chi connectivity index (χ4n) is 3.80. The third-order valence-corrected chi connectivity index (χ3v) is 5.12. The summed E-state index contributed by atoms with van der Waals surface area (Å²) < 4.78 is 5.60. The van der Waals surface area contributed by atoms with Gasteiger partial charge in [0.1, 0.15) is 0 Å². The third kappa shape index (κ3) is 6.01. The largest absolute Gasteiger partial charge is 0.376 e. The maximum absolute atomic E-state index is 12.1. The maximum Gasteiger partial charge on any atom is 0.315 e. The van der Waals surface area contributed by atoms with Gasteiger partial charge in [-0.25, -0.2) is 4.79 Å². The molecule has 1 aromatic rings.